The van der Waals surface area contributed by atoms with E-state index in [1.807, 2.05) is 30.3 Å². The SMILES string of the molecule is COc1ccccc1C[C@@H](NC(=O)[C@H](Cc1ccccc1)NC(C)=O)C(=O)O. The zero-order chi connectivity index (χ0) is 20.5. The second-order valence-electron chi connectivity index (χ2n) is 6.36. The fraction of sp³-hybridized carbons (Fsp3) is 0.286. The number of methoxy groups -OCH3 is 1. The smallest absolute Gasteiger partial charge is 0.326 e. The van der Waals surface area contributed by atoms with Crippen LogP contribution in [0.15, 0.2) is 54.6 Å². The molecule has 0 aliphatic carbocycles. The lowest BCUT2D eigenvalue weighted by Gasteiger charge is -2.21. The van der Waals surface area contributed by atoms with E-state index in [0.29, 0.717) is 11.3 Å². The number of hydrogen-bond donors (Lipinski definition) is 3. The molecule has 7 nitrogen and oxygen atoms in total. The lowest BCUT2D eigenvalue weighted by atomic mass is 10.0. The van der Waals surface area contributed by atoms with E-state index in [1.165, 1.54) is 14.0 Å². The molecule has 0 spiro atoms. The number of aliphatic carboxylic acids is 1. The summed E-state index contributed by atoms with van der Waals surface area (Å²) in [5.41, 5.74) is 1.52. The molecular weight excluding hydrogens is 360 g/mol. The molecule has 7 heteroatoms. The second kappa shape index (κ2) is 10.1. The monoisotopic (exact) mass is 384 g/mol. The predicted octanol–water partition coefficient (Wildman–Crippen LogP) is 1.55. The molecular formula is C21H24N2O5. The molecule has 2 amide bonds. The Balaban J connectivity index is 2.15. The van der Waals surface area contributed by atoms with Crippen molar-refractivity contribution in [3.8, 4) is 5.75 Å². The number of benzene rings is 2. The van der Waals surface area contributed by atoms with Crippen molar-refractivity contribution in [2.24, 2.45) is 0 Å². The van der Waals surface area contributed by atoms with Gasteiger partial charge in [-0.05, 0) is 17.2 Å². The Morgan fingerprint density at radius 2 is 1.57 bits per heavy atom. The minimum atomic E-state index is -1.17. The van der Waals surface area contributed by atoms with Gasteiger partial charge in [0.2, 0.25) is 11.8 Å². The van der Waals surface area contributed by atoms with Gasteiger partial charge in [0.1, 0.15) is 17.8 Å². The van der Waals surface area contributed by atoms with Gasteiger partial charge in [0, 0.05) is 19.8 Å². The van der Waals surface area contributed by atoms with Crippen LogP contribution < -0.4 is 15.4 Å². The largest absolute Gasteiger partial charge is 0.496 e. The van der Waals surface area contributed by atoms with E-state index in [2.05, 4.69) is 10.6 Å². The first-order valence-corrected chi connectivity index (χ1v) is 8.86. The van der Waals surface area contributed by atoms with Crippen LogP contribution in [-0.2, 0) is 27.2 Å². The van der Waals surface area contributed by atoms with Gasteiger partial charge in [-0.25, -0.2) is 4.79 Å². The number of hydrogen-bond acceptors (Lipinski definition) is 4. The van der Waals surface area contributed by atoms with E-state index in [9.17, 15) is 19.5 Å². The number of rotatable bonds is 9. The molecule has 0 bridgehead atoms. The molecule has 2 rings (SSSR count). The Morgan fingerprint density at radius 3 is 2.18 bits per heavy atom. The van der Waals surface area contributed by atoms with Crippen LogP contribution in [0, 0.1) is 0 Å². The summed E-state index contributed by atoms with van der Waals surface area (Å²) in [5, 5.41) is 14.7. The summed E-state index contributed by atoms with van der Waals surface area (Å²) in [4.78, 5) is 35.9. The van der Waals surface area contributed by atoms with Gasteiger partial charge in [-0.2, -0.15) is 0 Å². The normalized spacial score (nSPS) is 12.5. The molecule has 0 saturated heterocycles. The molecule has 0 aliphatic rings. The third-order valence-electron chi connectivity index (χ3n) is 4.21. The van der Waals surface area contributed by atoms with Crippen LogP contribution in [0.2, 0.25) is 0 Å². The standard InChI is InChI=1S/C21H24N2O5/c1-14(24)22-17(12-15-8-4-3-5-9-15)20(25)23-18(21(26)27)13-16-10-6-7-11-19(16)28-2/h3-11,17-18H,12-13H2,1-2H3,(H,22,24)(H,23,25)(H,26,27)/t17-,18+/m0/s1. The summed E-state index contributed by atoms with van der Waals surface area (Å²) in [6.45, 7) is 1.31. The first kappa shape index (κ1) is 21.0. The number of carboxylic acids is 1. The molecule has 0 saturated carbocycles. The molecule has 2 aromatic carbocycles. The maximum atomic E-state index is 12.7. The van der Waals surface area contributed by atoms with Gasteiger partial charge in [0.05, 0.1) is 7.11 Å². The molecule has 2 aromatic rings. The number of carbonyl (C=O) groups is 3. The van der Waals surface area contributed by atoms with Crippen LogP contribution in [0.1, 0.15) is 18.1 Å². The molecule has 0 heterocycles. The highest BCUT2D eigenvalue weighted by Gasteiger charge is 2.27. The number of nitrogens with one attached hydrogen (secondary N) is 2. The van der Waals surface area contributed by atoms with E-state index in [1.54, 1.807) is 24.3 Å². The Morgan fingerprint density at radius 1 is 0.929 bits per heavy atom. The molecule has 0 unspecified atom stereocenters. The first-order valence-electron chi connectivity index (χ1n) is 8.86. The van der Waals surface area contributed by atoms with Crippen LogP contribution in [0.3, 0.4) is 0 Å². The quantitative estimate of drug-likeness (QED) is 0.609. The Kier molecular flexibility index (Phi) is 7.56. The van der Waals surface area contributed by atoms with E-state index in [-0.39, 0.29) is 18.7 Å². The van der Waals surface area contributed by atoms with Crippen LogP contribution >= 0.6 is 0 Å². The maximum absolute atomic E-state index is 12.7. The summed E-state index contributed by atoms with van der Waals surface area (Å²) < 4.78 is 5.25. The number of ether oxygens (including phenoxy) is 1. The van der Waals surface area contributed by atoms with Crippen LogP contribution in [0.25, 0.3) is 0 Å². The Bertz CT molecular complexity index is 823. The van der Waals surface area contributed by atoms with E-state index in [4.69, 9.17) is 4.74 Å². The van der Waals surface area contributed by atoms with Crippen LogP contribution in [-0.4, -0.2) is 42.1 Å². The topological polar surface area (TPSA) is 105 Å². The zero-order valence-electron chi connectivity index (χ0n) is 15.8. The minimum absolute atomic E-state index is 0.0587. The highest BCUT2D eigenvalue weighted by Crippen LogP contribution is 2.19. The highest BCUT2D eigenvalue weighted by atomic mass is 16.5. The number of carbonyl (C=O) groups excluding carboxylic acids is 2. The van der Waals surface area contributed by atoms with Crippen molar-refractivity contribution in [3.63, 3.8) is 0 Å². The van der Waals surface area contributed by atoms with Gasteiger partial charge in [-0.1, -0.05) is 48.5 Å². The summed E-state index contributed by atoms with van der Waals surface area (Å²) in [7, 11) is 1.50. The van der Waals surface area contributed by atoms with Gasteiger partial charge in [-0.3, -0.25) is 9.59 Å². The predicted molar refractivity (Wildman–Crippen MR) is 104 cm³/mol. The number of amides is 2. The average molecular weight is 384 g/mol. The van der Waals surface area contributed by atoms with Crippen LogP contribution in [0.4, 0.5) is 0 Å². The van der Waals surface area contributed by atoms with Gasteiger partial charge >= 0.3 is 5.97 Å². The average Bonchev–Trinajstić information content (AvgIpc) is 2.67. The number of para-hydroxylation sites is 1. The van der Waals surface area contributed by atoms with Crippen molar-refractivity contribution in [2.45, 2.75) is 31.8 Å². The zero-order valence-corrected chi connectivity index (χ0v) is 15.8. The molecule has 0 aliphatic heterocycles. The molecule has 0 radical (unpaired) electrons. The molecule has 0 aromatic heterocycles. The van der Waals surface area contributed by atoms with E-state index < -0.39 is 24.0 Å². The van der Waals surface area contributed by atoms with Gasteiger partial charge in [0.25, 0.3) is 0 Å². The summed E-state index contributed by atoms with van der Waals surface area (Å²) in [6.07, 6.45) is 0.316. The van der Waals surface area contributed by atoms with Gasteiger partial charge in [0.15, 0.2) is 0 Å². The van der Waals surface area contributed by atoms with Crippen molar-refractivity contribution in [1.82, 2.24) is 10.6 Å². The van der Waals surface area contributed by atoms with Crippen molar-refractivity contribution in [3.05, 3.63) is 65.7 Å². The van der Waals surface area contributed by atoms with Gasteiger partial charge in [-0.15, -0.1) is 0 Å². The van der Waals surface area contributed by atoms with Crippen molar-refractivity contribution in [1.29, 1.82) is 0 Å². The van der Waals surface area contributed by atoms with Crippen molar-refractivity contribution in [2.75, 3.05) is 7.11 Å². The third kappa shape index (κ3) is 6.12. The molecule has 3 N–H and O–H groups in total. The fourth-order valence-corrected chi connectivity index (χ4v) is 2.87. The first-order chi connectivity index (χ1) is 13.4. The summed E-state index contributed by atoms with van der Waals surface area (Å²) in [5.74, 6) is -1.54. The summed E-state index contributed by atoms with van der Waals surface area (Å²) in [6, 6.07) is 14.2. The summed E-state index contributed by atoms with van der Waals surface area (Å²) >= 11 is 0. The lowest BCUT2D eigenvalue weighted by molar-refractivity contribution is -0.142. The third-order valence-corrected chi connectivity index (χ3v) is 4.21. The van der Waals surface area contributed by atoms with Gasteiger partial charge < -0.3 is 20.5 Å². The van der Waals surface area contributed by atoms with Crippen molar-refractivity contribution >= 4 is 17.8 Å². The second-order valence-corrected chi connectivity index (χ2v) is 6.36. The molecule has 0 fully saturated rings. The fourth-order valence-electron chi connectivity index (χ4n) is 2.87. The van der Waals surface area contributed by atoms with E-state index in [0.717, 1.165) is 5.56 Å². The van der Waals surface area contributed by atoms with E-state index >= 15 is 0 Å². The highest BCUT2D eigenvalue weighted by molar-refractivity contribution is 5.90. The van der Waals surface area contributed by atoms with Crippen LogP contribution in [0.5, 0.6) is 5.75 Å². The molecule has 148 valence electrons. The lowest BCUT2D eigenvalue weighted by Crippen LogP contribution is -2.52. The number of carboxylic acid groups (broad SMARTS) is 1. The Labute approximate surface area is 163 Å². The minimum Gasteiger partial charge on any atom is -0.496 e. The molecule has 2 atom stereocenters. The maximum Gasteiger partial charge on any atom is 0.326 e. The Hall–Kier alpha value is -3.35. The molecule has 28 heavy (non-hydrogen) atoms. The van der Waals surface area contributed by atoms with Crippen molar-refractivity contribution < 1.29 is 24.2 Å².